The normalized spacial score (nSPS) is 23.7. The smallest absolute Gasteiger partial charge is 0.119 e. The largest absolute Gasteiger partial charge is 0.512 e. The summed E-state index contributed by atoms with van der Waals surface area (Å²) in [5.41, 5.74) is 4.60. The Morgan fingerprint density at radius 2 is 1.91 bits per heavy atom. The minimum absolute atomic E-state index is 0.130. The van der Waals surface area contributed by atoms with Crippen molar-refractivity contribution in [2.75, 3.05) is 45.2 Å². The summed E-state index contributed by atoms with van der Waals surface area (Å²) < 4.78 is 18.5. The molecule has 0 spiro atoms. The maximum atomic E-state index is 10.0. The van der Waals surface area contributed by atoms with Gasteiger partial charge >= 0.3 is 0 Å². The molecule has 1 aromatic rings. The highest BCUT2D eigenvalue weighted by Crippen LogP contribution is 2.42. The quantitative estimate of drug-likeness (QED) is 0.262. The summed E-state index contributed by atoms with van der Waals surface area (Å²) in [6.07, 6.45) is 7.91. The van der Waals surface area contributed by atoms with Crippen LogP contribution in [0.1, 0.15) is 44.3 Å². The number of piperidine rings is 1. The van der Waals surface area contributed by atoms with Gasteiger partial charge in [-0.15, -0.1) is 0 Å². The number of halogens is 1. The number of aliphatic hydroxyl groups is 1. The van der Waals surface area contributed by atoms with Gasteiger partial charge in [-0.25, -0.2) is 0 Å². The fourth-order valence-electron chi connectivity index (χ4n) is 4.73. The summed E-state index contributed by atoms with van der Waals surface area (Å²) in [5.74, 6) is 2.22. The lowest BCUT2D eigenvalue weighted by atomic mass is 9.85. The van der Waals surface area contributed by atoms with Crippen LogP contribution in [0, 0.1) is 0 Å². The number of likely N-dealkylation sites (tertiary alicyclic amines) is 1. The van der Waals surface area contributed by atoms with Gasteiger partial charge in [0.1, 0.15) is 18.5 Å². The summed E-state index contributed by atoms with van der Waals surface area (Å²) in [5, 5.41) is 10.0. The Labute approximate surface area is 213 Å². The van der Waals surface area contributed by atoms with E-state index in [1.165, 1.54) is 37.9 Å². The summed E-state index contributed by atoms with van der Waals surface area (Å²) >= 11 is 2.30. The van der Waals surface area contributed by atoms with Crippen LogP contribution >= 0.6 is 30.1 Å². The van der Waals surface area contributed by atoms with E-state index in [0.29, 0.717) is 32.0 Å². The Morgan fingerprint density at radius 3 is 2.67 bits per heavy atom. The lowest BCUT2D eigenvalue weighted by Crippen LogP contribution is -2.33. The molecule has 0 bridgehead atoms. The zero-order chi connectivity index (χ0) is 23.0. The molecule has 0 radical (unpaired) electrons. The van der Waals surface area contributed by atoms with Gasteiger partial charge in [0.15, 0.2) is 0 Å². The van der Waals surface area contributed by atoms with Crippen molar-refractivity contribution in [1.29, 1.82) is 0 Å². The van der Waals surface area contributed by atoms with Crippen LogP contribution in [0.2, 0.25) is 0 Å². The second-order valence-corrected chi connectivity index (χ2v) is 11.3. The number of benzene rings is 1. The molecule has 2 atom stereocenters. The summed E-state index contributed by atoms with van der Waals surface area (Å²) in [6.45, 7) is 7.49. The number of nitrogens with zero attached hydrogens (tertiary/aromatic N) is 1. The maximum Gasteiger partial charge on any atom is 0.119 e. The topological polar surface area (TPSA) is 51.2 Å². The molecular weight excluding hydrogens is 549 g/mol. The molecule has 1 aromatic carbocycles. The van der Waals surface area contributed by atoms with Gasteiger partial charge in [-0.05, 0) is 94.6 Å². The minimum Gasteiger partial charge on any atom is -0.512 e. The van der Waals surface area contributed by atoms with Gasteiger partial charge in [0.2, 0.25) is 0 Å². The minimum atomic E-state index is -0.187. The van der Waals surface area contributed by atoms with Gasteiger partial charge < -0.3 is 19.3 Å². The molecule has 180 valence electrons. The molecule has 1 fully saturated rings. The van der Waals surface area contributed by atoms with Gasteiger partial charge in [0.25, 0.3) is 0 Å². The average Bonchev–Trinajstić information content (AvgIpc) is 2.84. The van der Waals surface area contributed by atoms with E-state index < -0.39 is 0 Å². The predicted molar refractivity (Wildman–Crippen MR) is 143 cm³/mol. The predicted octanol–water partition coefficient (Wildman–Crippen LogP) is 6.18. The molecule has 1 aliphatic carbocycles. The van der Waals surface area contributed by atoms with E-state index in [1.807, 2.05) is 18.2 Å². The molecule has 3 aliphatic rings. The van der Waals surface area contributed by atoms with Crippen molar-refractivity contribution in [3.63, 3.8) is 0 Å². The van der Waals surface area contributed by atoms with Crippen LogP contribution < -0.4 is 4.74 Å². The number of ether oxygens (including phenoxy) is 3. The van der Waals surface area contributed by atoms with Crippen molar-refractivity contribution in [2.45, 2.75) is 44.8 Å². The first-order chi connectivity index (χ1) is 16.2. The molecule has 2 heterocycles. The lowest BCUT2D eigenvalue weighted by molar-refractivity contribution is 0.00368. The fourth-order valence-corrected chi connectivity index (χ4v) is 5.45. The molecule has 33 heavy (non-hydrogen) atoms. The SMILES string of the molecule is CC1=C(COCCSI)[C@H](c2ccc(OCCN3CCCCC3)cc2)OC2CC(O)=CC=C12. The van der Waals surface area contributed by atoms with Crippen molar-refractivity contribution in [2.24, 2.45) is 0 Å². The highest BCUT2D eigenvalue weighted by molar-refractivity contribution is 14.2. The average molecular weight is 584 g/mol. The number of hydrogen-bond donors (Lipinski definition) is 1. The first-order valence-corrected chi connectivity index (χ1v) is 15.4. The highest BCUT2D eigenvalue weighted by Gasteiger charge is 2.34. The van der Waals surface area contributed by atoms with E-state index in [1.54, 1.807) is 15.0 Å². The van der Waals surface area contributed by atoms with Crippen LogP contribution in [0.3, 0.4) is 0 Å². The van der Waals surface area contributed by atoms with Crippen LogP contribution in [-0.2, 0) is 9.47 Å². The maximum absolute atomic E-state index is 10.0. The van der Waals surface area contributed by atoms with E-state index in [4.69, 9.17) is 14.2 Å². The van der Waals surface area contributed by atoms with Gasteiger partial charge in [-0.1, -0.05) is 33.6 Å². The zero-order valence-corrected chi connectivity index (χ0v) is 22.3. The van der Waals surface area contributed by atoms with Crippen LogP contribution in [-0.4, -0.2) is 61.3 Å². The molecule has 0 aromatic heterocycles. The van der Waals surface area contributed by atoms with E-state index in [-0.39, 0.29) is 12.2 Å². The molecule has 1 N–H and O–H groups in total. The molecule has 1 saturated heterocycles. The third-order valence-corrected chi connectivity index (χ3v) is 8.24. The van der Waals surface area contributed by atoms with Crippen LogP contribution in [0.25, 0.3) is 0 Å². The number of hydrogen-bond acceptors (Lipinski definition) is 6. The van der Waals surface area contributed by atoms with E-state index in [2.05, 4.69) is 45.2 Å². The molecule has 2 aliphatic heterocycles. The van der Waals surface area contributed by atoms with Crippen molar-refractivity contribution < 1.29 is 19.3 Å². The molecule has 7 heteroatoms. The van der Waals surface area contributed by atoms with Crippen molar-refractivity contribution in [3.05, 3.63) is 64.5 Å². The molecule has 4 rings (SSSR count). The van der Waals surface area contributed by atoms with E-state index >= 15 is 0 Å². The van der Waals surface area contributed by atoms with Crippen LogP contribution in [0.15, 0.2) is 58.9 Å². The standard InChI is InChI=1S/C26H34INO4S/c1-19-23-10-7-21(29)17-25(23)32-26(24(19)18-30-15-16-33-27)20-5-8-22(9-6-20)31-14-13-28-11-3-2-4-12-28/h5-10,25-26,29H,2-4,11-18H2,1H3/t25?,26-/m0/s1. The van der Waals surface area contributed by atoms with E-state index in [9.17, 15) is 5.11 Å². The van der Waals surface area contributed by atoms with Crippen molar-refractivity contribution >= 4 is 30.1 Å². The summed E-state index contributed by atoms with van der Waals surface area (Å²) in [6, 6.07) is 8.28. The first kappa shape index (κ1) is 25.1. The first-order valence-electron chi connectivity index (χ1n) is 11.9. The van der Waals surface area contributed by atoms with Crippen molar-refractivity contribution in [3.8, 4) is 5.75 Å². The third-order valence-electron chi connectivity index (χ3n) is 6.60. The van der Waals surface area contributed by atoms with E-state index in [0.717, 1.165) is 34.8 Å². The Morgan fingerprint density at radius 1 is 1.12 bits per heavy atom. The molecule has 0 amide bonds. The Hall–Kier alpha value is -1.00. The van der Waals surface area contributed by atoms with Gasteiger partial charge in [-0.3, -0.25) is 4.90 Å². The second-order valence-electron chi connectivity index (χ2n) is 8.82. The van der Waals surface area contributed by atoms with Crippen molar-refractivity contribution in [1.82, 2.24) is 4.90 Å². The zero-order valence-electron chi connectivity index (χ0n) is 19.3. The Bertz CT molecular complexity index is 877. The van der Waals surface area contributed by atoms with Gasteiger partial charge in [-0.2, -0.15) is 0 Å². The molecule has 0 saturated carbocycles. The van der Waals surface area contributed by atoms with Crippen LogP contribution in [0.4, 0.5) is 0 Å². The summed E-state index contributed by atoms with van der Waals surface area (Å²) in [4.78, 5) is 2.49. The van der Waals surface area contributed by atoms with Crippen LogP contribution in [0.5, 0.6) is 5.75 Å². The van der Waals surface area contributed by atoms with Gasteiger partial charge in [0.05, 0.1) is 25.1 Å². The third kappa shape index (κ3) is 6.78. The lowest BCUT2D eigenvalue weighted by Gasteiger charge is -2.37. The number of fused-ring (bicyclic) bond motifs is 1. The Kier molecular flexibility index (Phi) is 9.61. The highest BCUT2D eigenvalue weighted by atomic mass is 127. The summed E-state index contributed by atoms with van der Waals surface area (Å²) in [7, 11) is 1.76. The fraction of sp³-hybridized carbons (Fsp3) is 0.538. The number of aliphatic hydroxyl groups excluding tert-OH is 1. The molecular formula is C26H34INO4S. The van der Waals surface area contributed by atoms with Gasteiger partial charge in [0, 0.05) is 18.7 Å². The molecule has 5 nitrogen and oxygen atoms in total. The Balaban J connectivity index is 1.44. The number of allylic oxidation sites excluding steroid dienone is 2. The second kappa shape index (κ2) is 12.6. The molecule has 1 unspecified atom stereocenters. The monoisotopic (exact) mass is 583 g/mol. The number of rotatable bonds is 10.